The molecule has 32 heavy (non-hydrogen) atoms. The van der Waals surface area contributed by atoms with Crippen LogP contribution in [0, 0.1) is 0 Å². The fourth-order valence-corrected chi connectivity index (χ4v) is 3.64. The number of nitrogens with zero attached hydrogens (tertiary/aromatic N) is 3. The van der Waals surface area contributed by atoms with Crippen molar-refractivity contribution in [3.63, 3.8) is 0 Å². The second-order valence-electron chi connectivity index (χ2n) is 7.28. The number of aromatic nitrogens is 1. The Balaban J connectivity index is 1.47. The maximum atomic E-state index is 12.6. The SMILES string of the molecule is COc1ccc(CN2C(=O)COc3ccc(N4CC(CCOS(C)(=O)=O)OO4)nc32)cc1. The molecule has 0 saturated carbocycles. The molecule has 1 amide bonds. The molecule has 1 fully saturated rings. The second kappa shape index (κ2) is 9.28. The van der Waals surface area contributed by atoms with E-state index in [9.17, 15) is 13.2 Å². The van der Waals surface area contributed by atoms with Gasteiger partial charge in [-0.1, -0.05) is 12.1 Å². The minimum atomic E-state index is -3.51. The van der Waals surface area contributed by atoms with E-state index in [0.717, 1.165) is 17.6 Å². The molecule has 172 valence electrons. The zero-order chi connectivity index (χ0) is 22.7. The number of hydroxylamine groups is 1. The highest BCUT2D eigenvalue weighted by Gasteiger charge is 2.31. The Kier molecular flexibility index (Phi) is 6.46. The summed E-state index contributed by atoms with van der Waals surface area (Å²) in [5.41, 5.74) is 0.908. The third kappa shape index (κ3) is 5.27. The molecule has 1 aromatic carbocycles. The number of carbonyl (C=O) groups excluding carboxylic acids is 1. The van der Waals surface area contributed by atoms with Crippen LogP contribution in [0.25, 0.3) is 0 Å². The molecule has 0 radical (unpaired) electrons. The Morgan fingerprint density at radius 1 is 1.19 bits per heavy atom. The number of rotatable bonds is 8. The minimum Gasteiger partial charge on any atom is -0.497 e. The summed E-state index contributed by atoms with van der Waals surface area (Å²) in [6.45, 7) is 0.539. The van der Waals surface area contributed by atoms with Crippen LogP contribution in [0.15, 0.2) is 36.4 Å². The van der Waals surface area contributed by atoms with Gasteiger partial charge in [0.05, 0.1) is 33.1 Å². The number of carbonyl (C=O) groups is 1. The first-order valence-electron chi connectivity index (χ1n) is 9.85. The molecule has 0 aliphatic carbocycles. The lowest BCUT2D eigenvalue weighted by Crippen LogP contribution is -2.39. The Bertz CT molecular complexity index is 1080. The zero-order valence-electron chi connectivity index (χ0n) is 17.6. The monoisotopic (exact) mass is 465 g/mol. The first kappa shape index (κ1) is 22.3. The van der Waals surface area contributed by atoms with Crippen molar-refractivity contribution in [1.29, 1.82) is 0 Å². The molecule has 11 nitrogen and oxygen atoms in total. The van der Waals surface area contributed by atoms with Crippen molar-refractivity contribution >= 4 is 27.7 Å². The van der Waals surface area contributed by atoms with E-state index in [4.69, 9.17) is 23.5 Å². The fourth-order valence-electron chi connectivity index (χ4n) is 3.24. The highest BCUT2D eigenvalue weighted by molar-refractivity contribution is 7.85. The first-order valence-corrected chi connectivity index (χ1v) is 11.7. The number of methoxy groups -OCH3 is 1. The Morgan fingerprint density at radius 2 is 1.97 bits per heavy atom. The van der Waals surface area contributed by atoms with Gasteiger partial charge in [0.15, 0.2) is 24.0 Å². The number of benzene rings is 1. The molecule has 4 rings (SSSR count). The van der Waals surface area contributed by atoms with E-state index in [1.165, 1.54) is 5.06 Å². The lowest BCUT2D eigenvalue weighted by Gasteiger charge is -2.29. The molecule has 0 spiro atoms. The molecule has 2 aliphatic rings. The van der Waals surface area contributed by atoms with Crippen LogP contribution in [0.1, 0.15) is 12.0 Å². The highest BCUT2D eigenvalue weighted by Crippen LogP contribution is 2.34. The predicted octanol–water partition coefficient (Wildman–Crippen LogP) is 1.43. The molecular formula is C20H23N3O8S. The van der Waals surface area contributed by atoms with E-state index >= 15 is 0 Å². The van der Waals surface area contributed by atoms with Crippen molar-refractivity contribution in [3.05, 3.63) is 42.0 Å². The van der Waals surface area contributed by atoms with Gasteiger partial charge >= 0.3 is 0 Å². The van der Waals surface area contributed by atoms with Gasteiger partial charge in [-0.25, -0.2) is 14.9 Å². The van der Waals surface area contributed by atoms with Gasteiger partial charge in [0.1, 0.15) is 11.9 Å². The lowest BCUT2D eigenvalue weighted by atomic mass is 10.2. The van der Waals surface area contributed by atoms with Crippen LogP contribution in [-0.2, 0) is 35.5 Å². The van der Waals surface area contributed by atoms with Crippen molar-refractivity contribution in [2.45, 2.75) is 19.1 Å². The molecule has 2 aliphatic heterocycles. The van der Waals surface area contributed by atoms with Gasteiger partial charge in [0.2, 0.25) is 0 Å². The molecular weight excluding hydrogens is 442 g/mol. The van der Waals surface area contributed by atoms with Crippen molar-refractivity contribution in [2.75, 3.05) is 43.1 Å². The molecule has 2 aromatic rings. The van der Waals surface area contributed by atoms with Crippen LogP contribution >= 0.6 is 0 Å². The third-order valence-electron chi connectivity index (χ3n) is 4.86. The summed E-state index contributed by atoms with van der Waals surface area (Å²) in [6.07, 6.45) is 0.909. The molecule has 1 unspecified atom stereocenters. The van der Waals surface area contributed by atoms with Gasteiger partial charge < -0.3 is 9.47 Å². The quantitative estimate of drug-likeness (QED) is 0.419. The average Bonchev–Trinajstić information content (AvgIpc) is 3.24. The summed E-state index contributed by atoms with van der Waals surface area (Å²) < 4.78 is 37.6. The molecule has 1 atom stereocenters. The van der Waals surface area contributed by atoms with Crippen LogP contribution in [-0.4, -0.2) is 58.5 Å². The smallest absolute Gasteiger partial charge is 0.266 e. The van der Waals surface area contributed by atoms with Crippen LogP contribution in [0.2, 0.25) is 0 Å². The normalized spacial score (nSPS) is 18.4. The van der Waals surface area contributed by atoms with Crippen molar-refractivity contribution in [2.24, 2.45) is 0 Å². The van der Waals surface area contributed by atoms with Crippen molar-refractivity contribution in [1.82, 2.24) is 4.98 Å². The molecule has 1 saturated heterocycles. The summed E-state index contributed by atoms with van der Waals surface area (Å²) in [5.74, 6) is 1.80. The number of hydrogen-bond donors (Lipinski definition) is 0. The van der Waals surface area contributed by atoms with Gasteiger partial charge in [-0.2, -0.15) is 8.42 Å². The average molecular weight is 465 g/mol. The first-order chi connectivity index (χ1) is 15.3. The van der Waals surface area contributed by atoms with Crippen molar-refractivity contribution < 1.29 is 36.7 Å². The zero-order valence-corrected chi connectivity index (χ0v) is 18.4. The van der Waals surface area contributed by atoms with Crippen LogP contribution in [0.4, 0.5) is 11.6 Å². The minimum absolute atomic E-state index is 0.0176. The fraction of sp³-hybridized carbons (Fsp3) is 0.400. The van der Waals surface area contributed by atoms with Gasteiger partial charge in [-0.05, 0) is 29.8 Å². The van der Waals surface area contributed by atoms with E-state index in [1.807, 2.05) is 24.3 Å². The summed E-state index contributed by atoms with van der Waals surface area (Å²) in [6, 6.07) is 10.8. The van der Waals surface area contributed by atoms with Crippen molar-refractivity contribution in [3.8, 4) is 11.5 Å². The molecule has 3 heterocycles. The van der Waals surface area contributed by atoms with Gasteiger partial charge in [0.25, 0.3) is 16.0 Å². The van der Waals surface area contributed by atoms with E-state index < -0.39 is 16.2 Å². The van der Waals surface area contributed by atoms with Crippen LogP contribution in [0.3, 0.4) is 0 Å². The predicted molar refractivity (Wildman–Crippen MR) is 113 cm³/mol. The number of ether oxygens (including phenoxy) is 2. The summed E-state index contributed by atoms with van der Waals surface area (Å²) in [7, 11) is -1.92. The number of fused-ring (bicyclic) bond motifs is 1. The number of anilines is 2. The summed E-state index contributed by atoms with van der Waals surface area (Å²) in [4.78, 5) is 29.2. The largest absolute Gasteiger partial charge is 0.497 e. The maximum Gasteiger partial charge on any atom is 0.266 e. The third-order valence-corrected chi connectivity index (χ3v) is 5.46. The van der Waals surface area contributed by atoms with E-state index in [2.05, 4.69) is 4.98 Å². The van der Waals surface area contributed by atoms with E-state index in [-0.39, 0.29) is 19.1 Å². The number of amides is 1. The van der Waals surface area contributed by atoms with Gasteiger partial charge in [-0.3, -0.25) is 13.9 Å². The second-order valence-corrected chi connectivity index (χ2v) is 8.92. The maximum absolute atomic E-state index is 12.6. The molecule has 12 heteroatoms. The number of hydrogen-bond acceptors (Lipinski definition) is 10. The number of pyridine rings is 1. The highest BCUT2D eigenvalue weighted by atomic mass is 32.2. The molecule has 1 aromatic heterocycles. The Labute approximate surface area is 185 Å². The van der Waals surface area contributed by atoms with E-state index in [1.54, 1.807) is 24.1 Å². The van der Waals surface area contributed by atoms with Gasteiger partial charge in [-0.15, -0.1) is 4.99 Å². The van der Waals surface area contributed by atoms with E-state index in [0.29, 0.717) is 36.9 Å². The Morgan fingerprint density at radius 3 is 2.69 bits per heavy atom. The van der Waals surface area contributed by atoms with Gasteiger partial charge in [0, 0.05) is 6.42 Å². The summed E-state index contributed by atoms with van der Waals surface area (Å²) in [5, 5.41) is 1.43. The summed E-state index contributed by atoms with van der Waals surface area (Å²) >= 11 is 0. The van der Waals surface area contributed by atoms with Crippen LogP contribution in [0.5, 0.6) is 11.5 Å². The lowest BCUT2D eigenvalue weighted by molar-refractivity contribution is -0.284. The molecule has 0 N–H and O–H groups in total. The topological polar surface area (TPSA) is 117 Å². The van der Waals surface area contributed by atoms with Crippen LogP contribution < -0.4 is 19.4 Å². The standard InChI is InChI=1S/C20H23N3O8S/c1-27-15-5-3-14(4-6-15)11-22-19(24)13-28-17-7-8-18(21-20(17)22)23-12-16(30-31-23)9-10-29-32(2,25)26/h3-8,16H,9-13H2,1-2H3. The molecule has 0 bridgehead atoms. The Hall–Kier alpha value is -2.93.